The van der Waals surface area contributed by atoms with Crippen LogP contribution in [0.1, 0.15) is 37.0 Å². The summed E-state index contributed by atoms with van der Waals surface area (Å²) in [5.41, 5.74) is -0.0948. The first kappa shape index (κ1) is 17.6. The number of nitrogens with one attached hydrogen (secondary N) is 2. The Kier molecular flexibility index (Phi) is 5.29. The highest BCUT2D eigenvalue weighted by atomic mass is 16.5. The highest BCUT2D eigenvalue weighted by molar-refractivity contribution is 5.98. The maximum Gasteiger partial charge on any atom is 0.340 e. The zero-order chi connectivity index (χ0) is 17.7. The lowest BCUT2D eigenvalue weighted by Gasteiger charge is -2.41. The number of carbonyl (C=O) groups is 2. The Morgan fingerprint density at radius 3 is 2.92 bits per heavy atom. The van der Waals surface area contributed by atoms with Gasteiger partial charge in [-0.2, -0.15) is 0 Å². The number of hydrogen-bond donors (Lipinski definition) is 2. The smallest absolute Gasteiger partial charge is 0.340 e. The Morgan fingerprint density at radius 2 is 2.29 bits per heavy atom. The van der Waals surface area contributed by atoms with E-state index in [1.165, 1.54) is 4.90 Å². The summed E-state index contributed by atoms with van der Waals surface area (Å²) in [6.45, 7) is 4.20. The van der Waals surface area contributed by atoms with Crippen LogP contribution in [0.3, 0.4) is 0 Å². The molecule has 2 heterocycles. The number of ether oxygens (including phenoxy) is 1. The molecular formula is C17H22N4O3. The van der Waals surface area contributed by atoms with Crippen molar-refractivity contribution in [2.75, 3.05) is 13.7 Å². The van der Waals surface area contributed by atoms with Crippen LogP contribution in [0.2, 0.25) is 0 Å². The molecule has 2 N–H and O–H groups in total. The topological polar surface area (TPSA) is 87.4 Å². The van der Waals surface area contributed by atoms with E-state index in [0.717, 1.165) is 0 Å². The molecule has 1 atom stereocenters. The molecule has 24 heavy (non-hydrogen) atoms. The lowest BCUT2D eigenvalue weighted by atomic mass is 9.89. The molecule has 1 aliphatic rings. The van der Waals surface area contributed by atoms with Gasteiger partial charge in [-0.15, -0.1) is 5.92 Å². The van der Waals surface area contributed by atoms with Crippen LogP contribution in [0.15, 0.2) is 18.5 Å². The summed E-state index contributed by atoms with van der Waals surface area (Å²) in [5.74, 6) is 4.91. The number of guanidine groups is 1. The third-order valence-corrected chi connectivity index (χ3v) is 4.18. The van der Waals surface area contributed by atoms with Crippen molar-refractivity contribution in [3.63, 3.8) is 0 Å². The highest BCUT2D eigenvalue weighted by Gasteiger charge is 2.39. The first-order valence-electron chi connectivity index (χ1n) is 7.76. The first-order valence-corrected chi connectivity index (χ1v) is 7.76. The molecule has 0 aromatic carbocycles. The second-order valence-electron chi connectivity index (χ2n) is 5.81. The fourth-order valence-electron chi connectivity index (χ4n) is 2.60. The number of nitrogens with zero attached hydrogens (tertiary/aromatic N) is 2. The Hall–Kier alpha value is -2.75. The summed E-state index contributed by atoms with van der Waals surface area (Å²) >= 11 is 0. The molecule has 7 heteroatoms. The molecule has 0 bridgehead atoms. The molecule has 0 unspecified atom stereocenters. The lowest BCUT2D eigenvalue weighted by molar-refractivity contribution is -0.129. The van der Waals surface area contributed by atoms with Gasteiger partial charge in [-0.05, 0) is 19.4 Å². The van der Waals surface area contributed by atoms with E-state index >= 15 is 0 Å². The van der Waals surface area contributed by atoms with E-state index in [1.807, 2.05) is 11.5 Å². The quantitative estimate of drug-likeness (QED) is 0.627. The van der Waals surface area contributed by atoms with Crippen LogP contribution < -0.4 is 5.32 Å². The van der Waals surface area contributed by atoms with E-state index < -0.39 is 11.5 Å². The van der Waals surface area contributed by atoms with Crippen molar-refractivity contribution < 1.29 is 14.3 Å². The second-order valence-corrected chi connectivity index (χ2v) is 5.81. The molecule has 0 saturated carbocycles. The molecule has 1 saturated heterocycles. The average Bonchev–Trinajstić information content (AvgIpc) is 3.01. The number of aromatic nitrogens is 1. The molecule has 0 spiro atoms. The largest absolute Gasteiger partial charge is 0.449 e. The number of hydrogen-bond acceptors (Lipinski definition) is 4. The van der Waals surface area contributed by atoms with Crippen LogP contribution in [0.25, 0.3) is 0 Å². The summed E-state index contributed by atoms with van der Waals surface area (Å²) in [7, 11) is 1.58. The average molecular weight is 330 g/mol. The van der Waals surface area contributed by atoms with Crippen molar-refractivity contribution in [3.05, 3.63) is 24.0 Å². The van der Waals surface area contributed by atoms with Gasteiger partial charge in [0, 0.05) is 26.0 Å². The van der Waals surface area contributed by atoms with Gasteiger partial charge in [-0.3, -0.25) is 15.1 Å². The van der Waals surface area contributed by atoms with Gasteiger partial charge in [0.05, 0.1) is 17.5 Å². The summed E-state index contributed by atoms with van der Waals surface area (Å²) in [4.78, 5) is 25.3. The van der Waals surface area contributed by atoms with E-state index in [1.54, 1.807) is 32.4 Å². The minimum atomic E-state index is -0.533. The van der Waals surface area contributed by atoms with Crippen molar-refractivity contribution in [2.45, 2.75) is 38.8 Å². The number of amides is 1. The lowest BCUT2D eigenvalue weighted by Crippen LogP contribution is -2.62. The molecule has 1 fully saturated rings. The van der Waals surface area contributed by atoms with E-state index in [-0.39, 0.29) is 18.5 Å². The molecule has 1 aromatic rings. The minimum Gasteiger partial charge on any atom is -0.449 e. The van der Waals surface area contributed by atoms with E-state index in [4.69, 9.17) is 10.1 Å². The van der Waals surface area contributed by atoms with Crippen LogP contribution in [-0.2, 0) is 16.1 Å². The molecule has 1 aliphatic heterocycles. The predicted octanol–water partition coefficient (Wildman–Crippen LogP) is 1.20. The Morgan fingerprint density at radius 1 is 1.54 bits per heavy atom. The highest BCUT2D eigenvalue weighted by Crippen LogP contribution is 2.24. The number of carbonyl (C=O) groups excluding carboxylic acids is 2. The van der Waals surface area contributed by atoms with Gasteiger partial charge in [0.15, 0.2) is 12.6 Å². The van der Waals surface area contributed by atoms with Gasteiger partial charge >= 0.3 is 5.97 Å². The predicted molar refractivity (Wildman–Crippen MR) is 89.4 cm³/mol. The van der Waals surface area contributed by atoms with Gasteiger partial charge in [0.25, 0.3) is 0 Å². The van der Waals surface area contributed by atoms with Gasteiger partial charge in [0.1, 0.15) is 0 Å². The molecule has 1 amide bonds. The van der Waals surface area contributed by atoms with Crippen molar-refractivity contribution in [1.29, 1.82) is 5.41 Å². The van der Waals surface area contributed by atoms with Crippen LogP contribution in [0.4, 0.5) is 0 Å². The zero-order valence-corrected chi connectivity index (χ0v) is 14.2. The SMILES string of the molecule is CC#CCOC(=O)c1ccn(C[C@]2(CC)CC(=O)N(C)C(=N)N2)c1. The molecule has 0 aliphatic carbocycles. The van der Waals surface area contributed by atoms with Gasteiger partial charge in [-0.1, -0.05) is 12.8 Å². The summed E-state index contributed by atoms with van der Waals surface area (Å²) in [6, 6.07) is 1.67. The zero-order valence-electron chi connectivity index (χ0n) is 14.2. The van der Waals surface area contributed by atoms with Crippen LogP contribution in [0.5, 0.6) is 0 Å². The molecule has 1 aromatic heterocycles. The standard InChI is InChI=1S/C17H22N4O3/c1-4-6-9-24-15(23)13-7-8-21(11-13)12-17(5-2)10-14(22)20(3)16(18)19-17/h7-8,11H,5,9-10,12H2,1-3H3,(H2,18,19)/t17-/m0/s1. The van der Waals surface area contributed by atoms with Crippen LogP contribution in [0, 0.1) is 17.3 Å². The maximum absolute atomic E-state index is 12.1. The number of rotatable bonds is 5. The Labute approximate surface area is 141 Å². The van der Waals surface area contributed by atoms with E-state index in [9.17, 15) is 9.59 Å². The fourth-order valence-corrected chi connectivity index (χ4v) is 2.60. The van der Waals surface area contributed by atoms with Crippen molar-refractivity contribution >= 4 is 17.8 Å². The Balaban J connectivity index is 2.09. The summed E-state index contributed by atoms with van der Waals surface area (Å²) < 4.78 is 6.87. The third kappa shape index (κ3) is 3.77. The van der Waals surface area contributed by atoms with E-state index in [2.05, 4.69) is 17.2 Å². The second kappa shape index (κ2) is 7.21. The van der Waals surface area contributed by atoms with Crippen LogP contribution in [-0.4, -0.2) is 46.5 Å². The van der Waals surface area contributed by atoms with Gasteiger partial charge in [0.2, 0.25) is 5.91 Å². The van der Waals surface area contributed by atoms with Crippen molar-refractivity contribution in [1.82, 2.24) is 14.8 Å². The summed E-state index contributed by atoms with van der Waals surface area (Å²) in [5, 5.41) is 11.0. The Bertz CT molecular complexity index is 693. The number of esters is 1. The maximum atomic E-state index is 12.1. The minimum absolute atomic E-state index is 0.0684. The summed E-state index contributed by atoms with van der Waals surface area (Å²) in [6.07, 6.45) is 4.44. The third-order valence-electron chi connectivity index (χ3n) is 4.18. The fraction of sp³-hybridized carbons (Fsp3) is 0.471. The van der Waals surface area contributed by atoms with Crippen molar-refractivity contribution in [3.8, 4) is 11.8 Å². The van der Waals surface area contributed by atoms with Crippen molar-refractivity contribution in [2.24, 2.45) is 0 Å². The monoisotopic (exact) mass is 330 g/mol. The van der Waals surface area contributed by atoms with Gasteiger partial charge < -0.3 is 14.6 Å². The normalized spacial score (nSPS) is 20.2. The molecule has 2 rings (SSSR count). The molecule has 7 nitrogen and oxygen atoms in total. The van der Waals surface area contributed by atoms with Gasteiger partial charge in [-0.25, -0.2) is 4.79 Å². The first-order chi connectivity index (χ1) is 11.4. The molecule has 0 radical (unpaired) electrons. The molecule has 128 valence electrons. The van der Waals surface area contributed by atoms with E-state index in [0.29, 0.717) is 24.9 Å². The van der Waals surface area contributed by atoms with Crippen LogP contribution >= 0.6 is 0 Å². The molecular weight excluding hydrogens is 308 g/mol.